The number of thiophene rings is 1. The molecular weight excluding hydrogens is 507 g/mol. The van der Waals surface area contributed by atoms with Crippen LogP contribution in [-0.2, 0) is 22.4 Å². The monoisotopic (exact) mass is 528 g/mol. The van der Waals surface area contributed by atoms with E-state index < -0.39 is 11.9 Å². The van der Waals surface area contributed by atoms with Gasteiger partial charge in [-0.2, -0.15) is 5.26 Å². The summed E-state index contributed by atoms with van der Waals surface area (Å²) in [6.07, 6.45) is 4.66. The van der Waals surface area contributed by atoms with Crippen molar-refractivity contribution in [2.75, 3.05) is 5.32 Å². The van der Waals surface area contributed by atoms with Crippen LogP contribution in [0.25, 0.3) is 17.4 Å². The second-order valence-corrected chi connectivity index (χ2v) is 10.2. The zero-order chi connectivity index (χ0) is 25.1. The molecular formula is C26H22Cl2N2O4S. The summed E-state index contributed by atoms with van der Waals surface area (Å²) in [6.45, 7) is 3.55. The normalized spacial score (nSPS) is 13.3. The predicted molar refractivity (Wildman–Crippen MR) is 138 cm³/mol. The van der Waals surface area contributed by atoms with Crippen molar-refractivity contribution < 1.29 is 18.7 Å². The summed E-state index contributed by atoms with van der Waals surface area (Å²) >= 11 is 13.7. The van der Waals surface area contributed by atoms with E-state index in [1.165, 1.54) is 17.4 Å². The number of anilines is 1. The van der Waals surface area contributed by atoms with E-state index in [0.29, 0.717) is 37.7 Å². The molecule has 180 valence electrons. The number of nitrogens with one attached hydrogen (secondary N) is 1. The Labute approximate surface area is 217 Å². The second-order valence-electron chi connectivity index (χ2n) is 8.30. The number of esters is 1. The number of halogens is 2. The van der Waals surface area contributed by atoms with E-state index in [2.05, 4.69) is 5.32 Å². The molecule has 0 atom stereocenters. The molecule has 1 amide bonds. The average Bonchev–Trinajstić information content (AvgIpc) is 3.42. The molecule has 0 saturated heterocycles. The van der Waals surface area contributed by atoms with Gasteiger partial charge >= 0.3 is 5.97 Å². The van der Waals surface area contributed by atoms with Gasteiger partial charge in [0.1, 0.15) is 28.2 Å². The number of aryl methyl sites for hydroxylation is 1. The number of carbonyl (C=O) groups excluding carboxylic acids is 2. The maximum absolute atomic E-state index is 13.0. The molecule has 2 aromatic heterocycles. The zero-order valence-corrected chi connectivity index (χ0v) is 21.4. The summed E-state index contributed by atoms with van der Waals surface area (Å²) in [5.74, 6) is -0.353. The largest absolute Gasteiger partial charge is 0.459 e. The van der Waals surface area contributed by atoms with Gasteiger partial charge in [0.05, 0.1) is 21.7 Å². The number of hydrogen-bond donors (Lipinski definition) is 1. The van der Waals surface area contributed by atoms with Crippen molar-refractivity contribution in [3.05, 3.63) is 67.7 Å². The number of amides is 1. The van der Waals surface area contributed by atoms with Crippen molar-refractivity contribution in [2.45, 2.75) is 45.6 Å². The van der Waals surface area contributed by atoms with Crippen molar-refractivity contribution in [3.8, 4) is 17.4 Å². The van der Waals surface area contributed by atoms with Gasteiger partial charge in [0.15, 0.2) is 0 Å². The summed E-state index contributed by atoms with van der Waals surface area (Å²) in [5, 5.41) is 13.5. The fourth-order valence-electron chi connectivity index (χ4n) is 3.87. The van der Waals surface area contributed by atoms with Crippen LogP contribution in [0.5, 0.6) is 0 Å². The van der Waals surface area contributed by atoms with Crippen LogP contribution in [0.3, 0.4) is 0 Å². The van der Waals surface area contributed by atoms with E-state index in [9.17, 15) is 14.9 Å². The highest BCUT2D eigenvalue weighted by molar-refractivity contribution is 7.17. The summed E-state index contributed by atoms with van der Waals surface area (Å²) in [6, 6.07) is 10.4. The number of hydrogen-bond acceptors (Lipinski definition) is 6. The number of nitriles is 1. The fourth-order valence-corrected chi connectivity index (χ4v) is 5.54. The first-order valence-corrected chi connectivity index (χ1v) is 12.7. The van der Waals surface area contributed by atoms with E-state index in [0.717, 1.165) is 36.1 Å². The van der Waals surface area contributed by atoms with E-state index in [1.54, 1.807) is 44.2 Å². The Balaban J connectivity index is 1.61. The molecule has 1 aromatic carbocycles. The van der Waals surface area contributed by atoms with Gasteiger partial charge in [-0.05, 0) is 69.4 Å². The lowest BCUT2D eigenvalue weighted by atomic mass is 9.95. The van der Waals surface area contributed by atoms with Crippen LogP contribution in [0, 0.1) is 11.3 Å². The number of rotatable bonds is 6. The van der Waals surface area contributed by atoms with Crippen LogP contribution in [0.2, 0.25) is 10.0 Å². The molecule has 4 rings (SSSR count). The van der Waals surface area contributed by atoms with E-state index >= 15 is 0 Å². The molecule has 0 fully saturated rings. The Morgan fingerprint density at radius 2 is 1.97 bits per heavy atom. The highest BCUT2D eigenvalue weighted by atomic mass is 35.5. The van der Waals surface area contributed by atoms with Gasteiger partial charge in [-0.3, -0.25) is 4.79 Å². The van der Waals surface area contributed by atoms with Crippen LogP contribution in [0.1, 0.15) is 53.2 Å². The Bertz CT molecular complexity index is 1360. The number of furan rings is 1. The molecule has 1 aliphatic rings. The summed E-state index contributed by atoms with van der Waals surface area (Å²) < 4.78 is 11.2. The van der Waals surface area contributed by atoms with Gasteiger partial charge in [0.25, 0.3) is 5.91 Å². The van der Waals surface area contributed by atoms with Gasteiger partial charge in [-0.15, -0.1) is 11.3 Å². The third-order valence-corrected chi connectivity index (χ3v) is 7.47. The Kier molecular flexibility index (Phi) is 7.66. The molecule has 2 heterocycles. The van der Waals surface area contributed by atoms with E-state index in [-0.39, 0.29) is 11.7 Å². The van der Waals surface area contributed by atoms with E-state index in [4.69, 9.17) is 32.4 Å². The minimum Gasteiger partial charge on any atom is -0.459 e. The summed E-state index contributed by atoms with van der Waals surface area (Å²) in [5.41, 5.74) is 1.75. The van der Waals surface area contributed by atoms with Crippen LogP contribution in [0.4, 0.5) is 5.00 Å². The van der Waals surface area contributed by atoms with E-state index in [1.807, 2.05) is 6.07 Å². The third kappa shape index (κ3) is 5.46. The first kappa shape index (κ1) is 25.1. The number of fused-ring (bicyclic) bond motifs is 1. The lowest BCUT2D eigenvalue weighted by Crippen LogP contribution is -2.18. The second kappa shape index (κ2) is 10.7. The predicted octanol–water partition coefficient (Wildman–Crippen LogP) is 7.30. The zero-order valence-electron chi connectivity index (χ0n) is 19.1. The molecule has 1 aliphatic carbocycles. The highest BCUT2D eigenvalue weighted by Crippen LogP contribution is 2.39. The first-order valence-electron chi connectivity index (χ1n) is 11.1. The first-order chi connectivity index (χ1) is 16.8. The average molecular weight is 529 g/mol. The minimum atomic E-state index is -0.636. The standard InChI is InChI=1S/C26H22Cl2N2O4S/c1-14(2)33-26(32)22-18-6-3-4-9-21(18)35-25(22)30-24(31)15(13-29)12-16-10-11-20(34-16)17-7-5-8-19(27)23(17)28/h5,7-8,10-12,14H,3-4,6,9H2,1-2H3,(H,30,31). The molecule has 0 unspecified atom stereocenters. The maximum atomic E-state index is 13.0. The van der Waals surface area contributed by atoms with Crippen molar-refractivity contribution in [1.82, 2.24) is 0 Å². The molecule has 1 N–H and O–H groups in total. The van der Waals surface area contributed by atoms with Gasteiger partial charge in [0.2, 0.25) is 0 Å². The van der Waals surface area contributed by atoms with Crippen molar-refractivity contribution in [3.63, 3.8) is 0 Å². The molecule has 35 heavy (non-hydrogen) atoms. The molecule has 0 saturated carbocycles. The highest BCUT2D eigenvalue weighted by Gasteiger charge is 2.28. The molecule has 0 spiro atoms. The van der Waals surface area contributed by atoms with Crippen LogP contribution < -0.4 is 5.32 Å². The van der Waals surface area contributed by atoms with Gasteiger partial charge in [0, 0.05) is 16.5 Å². The van der Waals surface area contributed by atoms with Gasteiger partial charge in [-0.25, -0.2) is 4.79 Å². The number of carbonyl (C=O) groups is 2. The van der Waals surface area contributed by atoms with Crippen molar-refractivity contribution >= 4 is 57.5 Å². The quantitative estimate of drug-likeness (QED) is 0.205. The molecule has 0 aliphatic heterocycles. The SMILES string of the molecule is CC(C)OC(=O)c1c(NC(=O)C(C#N)=Cc2ccc(-c3cccc(Cl)c3Cl)o2)sc2c1CCCC2. The Hall–Kier alpha value is -3.05. The van der Waals surface area contributed by atoms with Crippen LogP contribution in [-0.4, -0.2) is 18.0 Å². The lowest BCUT2D eigenvalue weighted by molar-refractivity contribution is -0.112. The molecule has 0 radical (unpaired) electrons. The number of ether oxygens (including phenoxy) is 1. The molecule has 9 heteroatoms. The number of nitrogens with zero attached hydrogens (tertiary/aromatic N) is 1. The van der Waals surface area contributed by atoms with Gasteiger partial charge in [-0.1, -0.05) is 29.3 Å². The van der Waals surface area contributed by atoms with Crippen LogP contribution in [0.15, 0.2) is 40.3 Å². The van der Waals surface area contributed by atoms with Gasteiger partial charge < -0.3 is 14.5 Å². The fraction of sp³-hybridized carbons (Fsp3) is 0.269. The Morgan fingerprint density at radius 3 is 2.71 bits per heavy atom. The van der Waals surface area contributed by atoms with Crippen molar-refractivity contribution in [2.24, 2.45) is 0 Å². The topological polar surface area (TPSA) is 92.3 Å². The maximum Gasteiger partial charge on any atom is 0.341 e. The summed E-state index contributed by atoms with van der Waals surface area (Å²) in [7, 11) is 0. The molecule has 0 bridgehead atoms. The smallest absolute Gasteiger partial charge is 0.341 e. The van der Waals surface area contributed by atoms with Crippen LogP contribution >= 0.6 is 34.5 Å². The minimum absolute atomic E-state index is 0.169. The third-order valence-electron chi connectivity index (χ3n) is 5.44. The molecule has 3 aromatic rings. The number of benzene rings is 1. The lowest BCUT2D eigenvalue weighted by Gasteiger charge is -2.14. The Morgan fingerprint density at radius 1 is 1.20 bits per heavy atom. The summed E-state index contributed by atoms with van der Waals surface area (Å²) in [4.78, 5) is 26.9. The molecule has 6 nitrogen and oxygen atoms in total. The van der Waals surface area contributed by atoms with Crippen molar-refractivity contribution in [1.29, 1.82) is 5.26 Å².